The number of halogens is 2. The van der Waals surface area contributed by atoms with Gasteiger partial charge in [0.15, 0.2) is 0 Å². The molecule has 0 heterocycles. The first kappa shape index (κ1) is 18.6. The molecule has 0 spiro atoms. The van der Waals surface area contributed by atoms with Crippen molar-refractivity contribution in [3.05, 3.63) is 57.5 Å². The van der Waals surface area contributed by atoms with Crippen LogP contribution in [0.3, 0.4) is 0 Å². The molecule has 0 radical (unpaired) electrons. The van der Waals surface area contributed by atoms with Crippen LogP contribution in [-0.4, -0.2) is 33.2 Å². The van der Waals surface area contributed by atoms with Crippen molar-refractivity contribution in [3.63, 3.8) is 0 Å². The Labute approximate surface area is 155 Å². The number of carbonyl (C=O) groups excluding carboxylic acids is 1. The van der Waals surface area contributed by atoms with E-state index >= 15 is 0 Å². The number of anilines is 1. The highest BCUT2D eigenvalue weighted by Gasteiger charge is 2.10. The van der Waals surface area contributed by atoms with E-state index in [1.165, 1.54) is 0 Å². The average Bonchev–Trinajstić information content (AvgIpc) is 2.60. The molecule has 2 aromatic carbocycles. The molecular weight excluding hydrogens is 392 g/mol. The summed E-state index contributed by atoms with van der Waals surface area (Å²) in [5, 5.41) is 3.35. The maximum absolute atomic E-state index is 12.2. The summed E-state index contributed by atoms with van der Waals surface area (Å²) in [6.45, 7) is 1.42. The number of hydrogen-bond donors (Lipinski definition) is 1. The minimum Gasteiger partial charge on any atom is -0.497 e. The van der Waals surface area contributed by atoms with E-state index in [0.717, 1.165) is 28.9 Å². The number of amides is 1. The molecule has 0 saturated carbocycles. The van der Waals surface area contributed by atoms with Gasteiger partial charge in [-0.05, 0) is 48.9 Å². The van der Waals surface area contributed by atoms with Crippen LogP contribution in [0.2, 0.25) is 5.02 Å². The summed E-state index contributed by atoms with van der Waals surface area (Å²) in [5.41, 5.74) is 1.59. The van der Waals surface area contributed by atoms with Crippen LogP contribution in [0.15, 0.2) is 46.9 Å². The summed E-state index contributed by atoms with van der Waals surface area (Å²) >= 11 is 9.41. The van der Waals surface area contributed by atoms with Crippen LogP contribution >= 0.6 is 27.5 Å². The van der Waals surface area contributed by atoms with Crippen LogP contribution in [-0.2, 0) is 0 Å². The lowest BCUT2D eigenvalue weighted by molar-refractivity contribution is 0.0953. The fourth-order valence-corrected chi connectivity index (χ4v) is 2.82. The molecule has 0 saturated heterocycles. The van der Waals surface area contributed by atoms with E-state index in [9.17, 15) is 4.79 Å². The molecule has 2 rings (SSSR count). The predicted molar refractivity (Wildman–Crippen MR) is 102 cm³/mol. The third kappa shape index (κ3) is 5.14. The summed E-state index contributed by atoms with van der Waals surface area (Å²) < 4.78 is 5.98. The van der Waals surface area contributed by atoms with Gasteiger partial charge in [0, 0.05) is 30.3 Å². The topological polar surface area (TPSA) is 41.6 Å². The van der Waals surface area contributed by atoms with E-state index in [4.69, 9.17) is 16.3 Å². The van der Waals surface area contributed by atoms with Crippen LogP contribution in [0.1, 0.15) is 16.8 Å². The highest BCUT2D eigenvalue weighted by atomic mass is 79.9. The van der Waals surface area contributed by atoms with Gasteiger partial charge in [0.2, 0.25) is 0 Å². The minimum absolute atomic E-state index is 0.159. The largest absolute Gasteiger partial charge is 0.497 e. The molecule has 0 atom stereocenters. The van der Waals surface area contributed by atoms with Crippen molar-refractivity contribution in [2.45, 2.75) is 6.42 Å². The number of nitrogens with one attached hydrogen (secondary N) is 1. The number of benzene rings is 2. The third-order valence-corrected chi connectivity index (χ3v) is 4.46. The highest BCUT2D eigenvalue weighted by Crippen LogP contribution is 2.21. The first-order valence-electron chi connectivity index (χ1n) is 7.59. The number of nitrogens with zero attached hydrogens (tertiary/aromatic N) is 1. The standard InChI is InChI=1S/C18H20BrClN2O2/c1-22(14-5-7-15(24-2)8-6-14)11-3-10-21-18(23)16-12-13(19)4-9-17(16)20/h4-9,12H,3,10-11H2,1-2H3,(H,21,23). The Morgan fingerprint density at radius 2 is 1.96 bits per heavy atom. The molecule has 0 aromatic heterocycles. The van der Waals surface area contributed by atoms with E-state index in [2.05, 4.69) is 26.1 Å². The van der Waals surface area contributed by atoms with Crippen molar-refractivity contribution in [2.24, 2.45) is 0 Å². The first-order valence-corrected chi connectivity index (χ1v) is 8.77. The molecule has 1 N–H and O–H groups in total. The van der Waals surface area contributed by atoms with Crippen LogP contribution in [0.25, 0.3) is 0 Å². The monoisotopic (exact) mass is 410 g/mol. The van der Waals surface area contributed by atoms with Gasteiger partial charge in [-0.2, -0.15) is 0 Å². The van der Waals surface area contributed by atoms with Gasteiger partial charge in [0.25, 0.3) is 5.91 Å². The average molecular weight is 412 g/mol. The van der Waals surface area contributed by atoms with E-state index < -0.39 is 0 Å². The van der Waals surface area contributed by atoms with Crippen molar-refractivity contribution in [3.8, 4) is 5.75 Å². The molecule has 0 unspecified atom stereocenters. The molecule has 0 aliphatic heterocycles. The summed E-state index contributed by atoms with van der Waals surface area (Å²) in [4.78, 5) is 14.3. The molecular formula is C18H20BrClN2O2. The fraction of sp³-hybridized carbons (Fsp3) is 0.278. The SMILES string of the molecule is COc1ccc(N(C)CCCNC(=O)c2cc(Br)ccc2Cl)cc1. The smallest absolute Gasteiger partial charge is 0.252 e. The number of ether oxygens (including phenoxy) is 1. The van der Waals surface area contributed by atoms with Crippen LogP contribution in [0.5, 0.6) is 5.75 Å². The van der Waals surface area contributed by atoms with Gasteiger partial charge >= 0.3 is 0 Å². The second-order valence-corrected chi connectivity index (χ2v) is 6.68. The molecule has 4 nitrogen and oxygen atoms in total. The third-order valence-electron chi connectivity index (χ3n) is 3.64. The van der Waals surface area contributed by atoms with Crippen molar-refractivity contribution < 1.29 is 9.53 Å². The molecule has 6 heteroatoms. The summed E-state index contributed by atoms with van der Waals surface area (Å²) in [7, 11) is 3.67. The quantitative estimate of drug-likeness (QED) is 0.688. The van der Waals surface area contributed by atoms with Crippen LogP contribution in [0.4, 0.5) is 5.69 Å². The lowest BCUT2D eigenvalue weighted by Crippen LogP contribution is -2.28. The number of hydrogen-bond acceptors (Lipinski definition) is 3. The Hall–Kier alpha value is -1.72. The maximum atomic E-state index is 12.2. The molecule has 0 aliphatic carbocycles. The van der Waals surface area contributed by atoms with E-state index in [0.29, 0.717) is 17.1 Å². The van der Waals surface area contributed by atoms with Crippen LogP contribution < -0.4 is 15.0 Å². The van der Waals surface area contributed by atoms with Gasteiger partial charge in [-0.25, -0.2) is 0 Å². The fourth-order valence-electron chi connectivity index (χ4n) is 2.25. The second kappa shape index (κ2) is 8.94. The molecule has 0 bridgehead atoms. The maximum Gasteiger partial charge on any atom is 0.252 e. The van der Waals surface area contributed by atoms with Gasteiger partial charge in [-0.1, -0.05) is 27.5 Å². The Kier molecular flexibility index (Phi) is 6.94. The Morgan fingerprint density at radius 3 is 2.62 bits per heavy atom. The van der Waals surface area contributed by atoms with E-state index in [1.807, 2.05) is 37.4 Å². The molecule has 128 valence electrons. The molecule has 2 aromatic rings. The summed E-state index contributed by atoms with van der Waals surface area (Å²) in [6.07, 6.45) is 0.833. The van der Waals surface area contributed by atoms with E-state index in [1.54, 1.807) is 19.2 Å². The van der Waals surface area contributed by atoms with Gasteiger partial charge < -0.3 is 15.0 Å². The molecule has 0 aliphatic rings. The van der Waals surface area contributed by atoms with Gasteiger partial charge in [0.1, 0.15) is 5.75 Å². The zero-order valence-electron chi connectivity index (χ0n) is 13.7. The normalized spacial score (nSPS) is 10.3. The van der Waals surface area contributed by atoms with Crippen molar-refractivity contribution in [1.29, 1.82) is 0 Å². The Balaban J connectivity index is 1.79. The van der Waals surface area contributed by atoms with E-state index in [-0.39, 0.29) is 5.91 Å². The Morgan fingerprint density at radius 1 is 1.25 bits per heavy atom. The lowest BCUT2D eigenvalue weighted by atomic mass is 10.2. The zero-order chi connectivity index (χ0) is 17.5. The number of methoxy groups -OCH3 is 1. The van der Waals surface area contributed by atoms with Gasteiger partial charge in [-0.3, -0.25) is 4.79 Å². The molecule has 1 amide bonds. The first-order chi connectivity index (χ1) is 11.5. The van der Waals surface area contributed by atoms with Gasteiger partial charge in [0.05, 0.1) is 17.7 Å². The molecule has 24 heavy (non-hydrogen) atoms. The second-order valence-electron chi connectivity index (χ2n) is 5.35. The summed E-state index contributed by atoms with van der Waals surface area (Å²) in [6, 6.07) is 13.1. The predicted octanol–water partition coefficient (Wildman–Crippen LogP) is 4.37. The lowest BCUT2D eigenvalue weighted by Gasteiger charge is -2.19. The van der Waals surface area contributed by atoms with Crippen molar-refractivity contribution >= 4 is 39.1 Å². The zero-order valence-corrected chi connectivity index (χ0v) is 16.0. The van der Waals surface area contributed by atoms with Crippen molar-refractivity contribution in [2.75, 3.05) is 32.1 Å². The van der Waals surface area contributed by atoms with Crippen LogP contribution in [0, 0.1) is 0 Å². The minimum atomic E-state index is -0.159. The molecule has 0 fully saturated rings. The van der Waals surface area contributed by atoms with Gasteiger partial charge in [-0.15, -0.1) is 0 Å². The van der Waals surface area contributed by atoms with Crippen molar-refractivity contribution in [1.82, 2.24) is 5.32 Å². The highest BCUT2D eigenvalue weighted by molar-refractivity contribution is 9.10. The summed E-state index contributed by atoms with van der Waals surface area (Å²) in [5.74, 6) is 0.679. The number of carbonyl (C=O) groups is 1. The Bertz CT molecular complexity index is 692. The number of rotatable bonds is 7.